The number of amides is 1. The fourth-order valence-electron chi connectivity index (χ4n) is 3.86. The molecule has 2 heterocycles. The van der Waals surface area contributed by atoms with Gasteiger partial charge in [0.1, 0.15) is 0 Å². The van der Waals surface area contributed by atoms with Gasteiger partial charge in [-0.2, -0.15) is 13.2 Å². The molecule has 0 bridgehead atoms. The van der Waals surface area contributed by atoms with Crippen molar-refractivity contribution in [3.05, 3.63) is 65.4 Å². The first kappa shape index (κ1) is 21.8. The smallest absolute Gasteiger partial charge is 0.393 e. The van der Waals surface area contributed by atoms with E-state index in [1.165, 1.54) is 12.1 Å². The summed E-state index contributed by atoms with van der Waals surface area (Å²) in [4.78, 5) is 18.5. The number of hydrogen-bond donors (Lipinski definition) is 3. The summed E-state index contributed by atoms with van der Waals surface area (Å²) in [5.74, 6) is 0.0827. The average molecular weight is 443 g/mol. The molecule has 2 aromatic carbocycles. The lowest BCUT2D eigenvalue weighted by Gasteiger charge is -2.19. The zero-order valence-electron chi connectivity index (χ0n) is 18.0. The van der Waals surface area contributed by atoms with Gasteiger partial charge in [-0.1, -0.05) is 39.0 Å². The van der Waals surface area contributed by atoms with Crippen LogP contribution in [0.4, 0.5) is 18.0 Å². The third kappa shape index (κ3) is 4.44. The van der Waals surface area contributed by atoms with Crippen molar-refractivity contribution in [2.45, 2.75) is 38.8 Å². The first-order valence-electron chi connectivity index (χ1n) is 10.3. The number of rotatable bonds is 4. The van der Waals surface area contributed by atoms with E-state index in [0.717, 1.165) is 34.3 Å². The quantitative estimate of drug-likeness (QED) is 0.347. The summed E-state index contributed by atoms with van der Waals surface area (Å²) in [6.07, 6.45) is -4.50. The highest BCUT2D eigenvalue weighted by Gasteiger charge is 2.30. The molecule has 168 valence electrons. The number of carbonyl (C=O) groups excluding carboxylic acids is 1. The summed E-state index contributed by atoms with van der Waals surface area (Å²) in [6.45, 7) is 6.73. The maximum absolute atomic E-state index is 12.9. The Morgan fingerprint density at radius 3 is 2.47 bits per heavy atom. The minimum absolute atomic E-state index is 0.0827. The molecular weight excluding hydrogens is 419 g/mol. The normalized spacial score (nSPS) is 12.4. The molecule has 5 nitrogen and oxygen atoms in total. The minimum Gasteiger partial charge on any atom is -0.393 e. The number of nitrogens with one attached hydrogen (secondary N) is 3. The van der Waals surface area contributed by atoms with E-state index in [-0.39, 0.29) is 11.3 Å². The van der Waals surface area contributed by atoms with Crippen molar-refractivity contribution in [3.63, 3.8) is 0 Å². The summed E-state index contributed by atoms with van der Waals surface area (Å²) in [5.41, 5.74) is 2.91. The number of para-hydroxylation sites is 1. The van der Waals surface area contributed by atoms with Crippen LogP contribution >= 0.6 is 0 Å². The van der Waals surface area contributed by atoms with Crippen LogP contribution in [-0.4, -0.2) is 22.6 Å². The van der Waals surface area contributed by atoms with Crippen LogP contribution in [0.1, 0.15) is 37.6 Å². The number of ether oxygens (including phenoxy) is 1. The Labute approximate surface area is 183 Å². The van der Waals surface area contributed by atoms with Crippen molar-refractivity contribution in [1.29, 1.82) is 0 Å². The zero-order chi connectivity index (χ0) is 23.1. The van der Waals surface area contributed by atoms with Crippen LogP contribution in [0.2, 0.25) is 0 Å². The molecule has 4 rings (SSSR count). The van der Waals surface area contributed by atoms with Crippen LogP contribution in [0.25, 0.3) is 21.8 Å². The maximum Gasteiger partial charge on any atom is 0.416 e. The van der Waals surface area contributed by atoms with Crippen molar-refractivity contribution in [2.24, 2.45) is 0 Å². The molecule has 0 aliphatic rings. The van der Waals surface area contributed by atoms with E-state index in [9.17, 15) is 18.0 Å². The van der Waals surface area contributed by atoms with Gasteiger partial charge in [-0.05, 0) is 36.2 Å². The largest absolute Gasteiger partial charge is 0.416 e. The molecule has 0 saturated heterocycles. The van der Waals surface area contributed by atoms with Crippen LogP contribution in [0.5, 0.6) is 5.88 Å². The van der Waals surface area contributed by atoms with Crippen molar-refractivity contribution in [2.75, 3.05) is 6.54 Å². The second-order valence-corrected chi connectivity index (χ2v) is 8.77. The number of aromatic amines is 2. The van der Waals surface area contributed by atoms with Gasteiger partial charge in [-0.25, -0.2) is 4.79 Å². The Hall–Kier alpha value is -3.42. The molecule has 8 heteroatoms. The van der Waals surface area contributed by atoms with Gasteiger partial charge in [0.25, 0.3) is 0 Å². The highest BCUT2D eigenvalue weighted by Crippen LogP contribution is 2.33. The molecule has 0 aliphatic carbocycles. The van der Waals surface area contributed by atoms with Gasteiger partial charge in [-0.3, -0.25) is 0 Å². The van der Waals surface area contributed by atoms with Gasteiger partial charge >= 0.3 is 12.3 Å². The van der Waals surface area contributed by atoms with Gasteiger partial charge in [0, 0.05) is 45.5 Å². The van der Waals surface area contributed by atoms with Crippen LogP contribution in [0.3, 0.4) is 0 Å². The highest BCUT2D eigenvalue weighted by atomic mass is 19.4. The fourth-order valence-corrected chi connectivity index (χ4v) is 3.86. The third-order valence-electron chi connectivity index (χ3n) is 5.33. The molecule has 0 spiro atoms. The summed E-state index contributed by atoms with van der Waals surface area (Å²) in [6, 6.07) is 12.7. The minimum atomic E-state index is -4.43. The number of H-pyrrole nitrogens is 2. The Kier molecular flexibility index (Phi) is 5.40. The molecule has 0 fully saturated rings. The molecule has 4 aromatic rings. The fraction of sp³-hybridized carbons (Fsp3) is 0.292. The van der Waals surface area contributed by atoms with E-state index in [4.69, 9.17) is 4.74 Å². The first-order chi connectivity index (χ1) is 15.0. The molecule has 32 heavy (non-hydrogen) atoms. The van der Waals surface area contributed by atoms with Crippen molar-refractivity contribution >= 4 is 27.9 Å². The summed E-state index contributed by atoms with van der Waals surface area (Å²) in [7, 11) is 0. The summed E-state index contributed by atoms with van der Waals surface area (Å²) >= 11 is 0. The predicted molar refractivity (Wildman–Crippen MR) is 118 cm³/mol. The summed E-state index contributed by atoms with van der Waals surface area (Å²) < 4.78 is 43.9. The van der Waals surface area contributed by atoms with Gasteiger partial charge in [-0.15, -0.1) is 0 Å². The second kappa shape index (κ2) is 7.93. The molecular formula is C24H24F3N3O2. The molecule has 2 aromatic heterocycles. The SMILES string of the molecule is CC(C)(C)c1[nH]c2ccccc2c1CCNC(=O)Oc1cc2cc(C(F)(F)F)ccc2[nH]1. The Balaban J connectivity index is 1.43. The maximum atomic E-state index is 12.9. The predicted octanol–water partition coefficient (Wildman–Crippen LogP) is 6.30. The lowest BCUT2D eigenvalue weighted by Crippen LogP contribution is -2.29. The zero-order valence-corrected chi connectivity index (χ0v) is 18.0. The van der Waals surface area contributed by atoms with E-state index < -0.39 is 17.8 Å². The first-order valence-corrected chi connectivity index (χ1v) is 10.3. The van der Waals surface area contributed by atoms with E-state index in [1.807, 2.05) is 18.2 Å². The lowest BCUT2D eigenvalue weighted by molar-refractivity contribution is -0.137. The molecule has 1 amide bonds. The standard InChI is InChI=1S/C24H24F3N3O2/c1-23(2,3)21-17(16-6-4-5-7-19(16)30-21)10-11-28-22(31)32-20-13-14-12-15(24(25,26)27)8-9-18(14)29-20/h4-9,12-13,29-30H,10-11H2,1-3H3,(H,28,31). The van der Waals surface area contributed by atoms with Gasteiger partial charge in [0.2, 0.25) is 5.88 Å². The monoisotopic (exact) mass is 443 g/mol. The summed E-state index contributed by atoms with van der Waals surface area (Å²) in [5, 5.41) is 4.15. The van der Waals surface area contributed by atoms with Crippen LogP contribution in [-0.2, 0) is 18.0 Å². The van der Waals surface area contributed by atoms with Crippen LogP contribution < -0.4 is 10.1 Å². The Morgan fingerprint density at radius 2 is 1.75 bits per heavy atom. The number of hydrogen-bond acceptors (Lipinski definition) is 2. The molecule has 0 unspecified atom stereocenters. The van der Waals surface area contributed by atoms with Crippen molar-refractivity contribution in [1.82, 2.24) is 15.3 Å². The Morgan fingerprint density at radius 1 is 1.00 bits per heavy atom. The number of halogens is 3. The van der Waals surface area contributed by atoms with Crippen LogP contribution in [0.15, 0.2) is 48.5 Å². The number of alkyl halides is 3. The van der Waals surface area contributed by atoms with Crippen molar-refractivity contribution < 1.29 is 22.7 Å². The van der Waals surface area contributed by atoms with Gasteiger partial charge in [0.05, 0.1) is 5.56 Å². The number of carbonyl (C=O) groups is 1. The molecule has 0 aliphatic heterocycles. The second-order valence-electron chi connectivity index (χ2n) is 8.77. The van der Waals surface area contributed by atoms with E-state index >= 15 is 0 Å². The van der Waals surface area contributed by atoms with E-state index in [0.29, 0.717) is 23.9 Å². The molecule has 0 radical (unpaired) electrons. The number of fused-ring (bicyclic) bond motifs is 2. The van der Waals surface area contributed by atoms with Crippen LogP contribution in [0, 0.1) is 0 Å². The van der Waals surface area contributed by atoms with Gasteiger partial charge in [0.15, 0.2) is 0 Å². The van der Waals surface area contributed by atoms with Crippen molar-refractivity contribution in [3.8, 4) is 5.88 Å². The molecule has 3 N–H and O–H groups in total. The number of aromatic nitrogens is 2. The van der Waals surface area contributed by atoms with Gasteiger partial charge < -0.3 is 20.0 Å². The van der Waals surface area contributed by atoms with E-state index in [2.05, 4.69) is 42.1 Å². The molecule has 0 atom stereocenters. The van der Waals surface area contributed by atoms with E-state index in [1.54, 1.807) is 0 Å². The average Bonchev–Trinajstić information content (AvgIpc) is 3.27. The highest BCUT2D eigenvalue weighted by molar-refractivity contribution is 5.85. The number of benzene rings is 2. The molecule has 0 saturated carbocycles. The third-order valence-corrected chi connectivity index (χ3v) is 5.33. The topological polar surface area (TPSA) is 69.9 Å². The Bertz CT molecular complexity index is 1280. The lowest BCUT2D eigenvalue weighted by atomic mass is 9.88.